The zero-order valence-corrected chi connectivity index (χ0v) is 10.5. The van der Waals surface area contributed by atoms with Gasteiger partial charge < -0.3 is 10.1 Å². The van der Waals surface area contributed by atoms with Crippen molar-refractivity contribution in [2.24, 2.45) is 5.92 Å². The van der Waals surface area contributed by atoms with E-state index in [1.54, 1.807) is 0 Å². The number of carbonyl (C=O) groups is 1. The van der Waals surface area contributed by atoms with E-state index in [-0.39, 0.29) is 18.1 Å². The molecule has 96 valence electrons. The normalized spacial score (nSPS) is 24.8. The van der Waals surface area contributed by atoms with Gasteiger partial charge in [0.05, 0.1) is 6.04 Å². The van der Waals surface area contributed by atoms with Crippen molar-refractivity contribution in [3.05, 3.63) is 35.9 Å². The van der Waals surface area contributed by atoms with Crippen molar-refractivity contribution in [2.75, 3.05) is 6.61 Å². The van der Waals surface area contributed by atoms with Crippen LogP contribution in [0.4, 0.5) is 0 Å². The maximum absolute atomic E-state index is 12.1. The predicted molar refractivity (Wildman–Crippen MR) is 69.0 cm³/mol. The molecule has 2 fully saturated rings. The minimum Gasteiger partial charge on any atom is -0.368 e. The van der Waals surface area contributed by atoms with E-state index < -0.39 is 0 Å². The molecule has 0 aromatic heterocycles. The van der Waals surface area contributed by atoms with Gasteiger partial charge >= 0.3 is 0 Å². The van der Waals surface area contributed by atoms with Crippen LogP contribution in [0.15, 0.2) is 30.3 Å². The summed E-state index contributed by atoms with van der Waals surface area (Å²) in [6.07, 6.45) is 4.06. The van der Waals surface area contributed by atoms with Gasteiger partial charge in [0.2, 0.25) is 5.91 Å². The Balaban J connectivity index is 1.69. The van der Waals surface area contributed by atoms with Crippen LogP contribution >= 0.6 is 0 Å². The van der Waals surface area contributed by atoms with Gasteiger partial charge in [-0.15, -0.1) is 0 Å². The molecular formula is C15H19NO2. The maximum Gasteiger partial charge on any atom is 0.249 e. The van der Waals surface area contributed by atoms with E-state index in [0.717, 1.165) is 19.4 Å². The first kappa shape index (κ1) is 11.7. The quantitative estimate of drug-likeness (QED) is 0.884. The molecule has 0 spiro atoms. The van der Waals surface area contributed by atoms with Crippen molar-refractivity contribution in [3.8, 4) is 0 Å². The summed E-state index contributed by atoms with van der Waals surface area (Å²) >= 11 is 0. The van der Waals surface area contributed by atoms with Crippen molar-refractivity contribution in [3.63, 3.8) is 0 Å². The molecule has 3 rings (SSSR count). The van der Waals surface area contributed by atoms with Gasteiger partial charge in [-0.3, -0.25) is 4.79 Å². The number of carbonyl (C=O) groups excluding carboxylic acids is 1. The zero-order valence-electron chi connectivity index (χ0n) is 10.5. The molecule has 3 heteroatoms. The molecule has 3 nitrogen and oxygen atoms in total. The van der Waals surface area contributed by atoms with Crippen LogP contribution < -0.4 is 5.32 Å². The fourth-order valence-corrected chi connectivity index (χ4v) is 2.59. The van der Waals surface area contributed by atoms with Crippen LogP contribution in [0.3, 0.4) is 0 Å². The lowest BCUT2D eigenvalue weighted by molar-refractivity contribution is -0.131. The highest BCUT2D eigenvalue weighted by Crippen LogP contribution is 2.41. The summed E-state index contributed by atoms with van der Waals surface area (Å²) in [5.41, 5.74) is 1.21. The number of amides is 1. The molecule has 1 aliphatic carbocycles. The summed E-state index contributed by atoms with van der Waals surface area (Å²) in [6.45, 7) is 0.720. The minimum atomic E-state index is -0.227. The number of benzene rings is 1. The monoisotopic (exact) mass is 245 g/mol. The largest absolute Gasteiger partial charge is 0.368 e. The maximum atomic E-state index is 12.1. The second-order valence-electron chi connectivity index (χ2n) is 5.24. The first-order valence-electron chi connectivity index (χ1n) is 6.81. The molecule has 1 aromatic carbocycles. The highest BCUT2D eigenvalue weighted by atomic mass is 16.5. The molecule has 1 amide bonds. The Hall–Kier alpha value is -1.35. The molecule has 1 aromatic rings. The van der Waals surface area contributed by atoms with Crippen LogP contribution in [0, 0.1) is 5.92 Å². The molecular weight excluding hydrogens is 226 g/mol. The molecule has 2 atom stereocenters. The van der Waals surface area contributed by atoms with E-state index in [0.29, 0.717) is 5.92 Å². The van der Waals surface area contributed by atoms with E-state index in [2.05, 4.69) is 17.4 Å². The van der Waals surface area contributed by atoms with Crippen molar-refractivity contribution in [1.82, 2.24) is 5.32 Å². The van der Waals surface area contributed by atoms with E-state index in [4.69, 9.17) is 4.74 Å². The lowest BCUT2D eigenvalue weighted by Crippen LogP contribution is -2.37. The van der Waals surface area contributed by atoms with Crippen LogP contribution in [-0.2, 0) is 9.53 Å². The summed E-state index contributed by atoms with van der Waals surface area (Å²) in [5.74, 6) is 0.672. The zero-order chi connectivity index (χ0) is 12.4. The highest BCUT2D eigenvalue weighted by molar-refractivity contribution is 5.81. The lowest BCUT2D eigenvalue weighted by atomic mass is 10.0. The number of rotatable bonds is 4. The summed E-state index contributed by atoms with van der Waals surface area (Å²) in [4.78, 5) is 12.1. The standard InChI is InChI=1S/C15H19NO2/c17-15(13-7-4-10-18-13)16-14(12-8-9-12)11-5-2-1-3-6-11/h1-3,5-6,12-14H,4,7-10H2,(H,16,17)/t13-,14-/m1/s1. The van der Waals surface area contributed by atoms with Crippen molar-refractivity contribution in [1.29, 1.82) is 0 Å². The van der Waals surface area contributed by atoms with Gasteiger partial charge in [-0.1, -0.05) is 30.3 Å². The fraction of sp³-hybridized carbons (Fsp3) is 0.533. The minimum absolute atomic E-state index is 0.0632. The molecule has 2 aliphatic rings. The number of ether oxygens (including phenoxy) is 1. The first-order chi connectivity index (χ1) is 8.84. The molecule has 0 radical (unpaired) electrons. The third kappa shape index (κ3) is 2.56. The topological polar surface area (TPSA) is 38.3 Å². The van der Waals surface area contributed by atoms with E-state index in [1.807, 2.05) is 18.2 Å². The number of hydrogen-bond acceptors (Lipinski definition) is 2. The van der Waals surface area contributed by atoms with Crippen LogP contribution in [0.1, 0.15) is 37.3 Å². The van der Waals surface area contributed by atoms with Crippen LogP contribution in [0.25, 0.3) is 0 Å². The highest BCUT2D eigenvalue weighted by Gasteiger charge is 2.35. The Morgan fingerprint density at radius 1 is 1.22 bits per heavy atom. The van der Waals surface area contributed by atoms with E-state index in [9.17, 15) is 4.79 Å². The Morgan fingerprint density at radius 2 is 2.00 bits per heavy atom. The van der Waals surface area contributed by atoms with Gasteiger partial charge in [-0.2, -0.15) is 0 Å². The molecule has 0 unspecified atom stereocenters. The fourth-order valence-electron chi connectivity index (χ4n) is 2.59. The second kappa shape index (κ2) is 5.11. The Morgan fingerprint density at radius 3 is 2.61 bits per heavy atom. The predicted octanol–water partition coefficient (Wildman–Crippen LogP) is 2.43. The summed E-state index contributed by atoms with van der Waals surface area (Å²) in [7, 11) is 0. The van der Waals surface area contributed by atoms with E-state index >= 15 is 0 Å². The summed E-state index contributed by atoms with van der Waals surface area (Å²) < 4.78 is 5.44. The van der Waals surface area contributed by atoms with Crippen molar-refractivity contribution in [2.45, 2.75) is 37.8 Å². The van der Waals surface area contributed by atoms with Gasteiger partial charge in [0.1, 0.15) is 6.10 Å². The Labute approximate surface area is 108 Å². The lowest BCUT2D eigenvalue weighted by Gasteiger charge is -2.20. The van der Waals surface area contributed by atoms with Gasteiger partial charge in [0, 0.05) is 6.61 Å². The van der Waals surface area contributed by atoms with E-state index in [1.165, 1.54) is 18.4 Å². The van der Waals surface area contributed by atoms with Crippen LogP contribution in [0.5, 0.6) is 0 Å². The van der Waals surface area contributed by atoms with Gasteiger partial charge in [0.15, 0.2) is 0 Å². The smallest absolute Gasteiger partial charge is 0.249 e. The third-order valence-corrected chi connectivity index (χ3v) is 3.77. The van der Waals surface area contributed by atoms with Crippen LogP contribution in [-0.4, -0.2) is 18.6 Å². The number of nitrogens with one attached hydrogen (secondary N) is 1. The third-order valence-electron chi connectivity index (χ3n) is 3.77. The van der Waals surface area contributed by atoms with Gasteiger partial charge in [0.25, 0.3) is 0 Å². The molecule has 1 saturated heterocycles. The summed E-state index contributed by atoms with van der Waals surface area (Å²) in [6, 6.07) is 10.4. The molecule has 18 heavy (non-hydrogen) atoms. The average Bonchev–Trinajstić information content (AvgIpc) is 3.10. The first-order valence-corrected chi connectivity index (χ1v) is 6.81. The average molecular weight is 245 g/mol. The summed E-state index contributed by atoms with van der Waals surface area (Å²) in [5, 5.41) is 3.17. The Bertz CT molecular complexity index is 408. The SMILES string of the molecule is O=C(N[C@H](c1ccccc1)C1CC1)[C@H]1CCCO1. The van der Waals surface area contributed by atoms with Gasteiger partial charge in [-0.05, 0) is 37.2 Å². The second-order valence-corrected chi connectivity index (χ2v) is 5.24. The molecule has 1 heterocycles. The molecule has 1 aliphatic heterocycles. The Kier molecular flexibility index (Phi) is 3.33. The van der Waals surface area contributed by atoms with Crippen molar-refractivity contribution < 1.29 is 9.53 Å². The number of hydrogen-bond donors (Lipinski definition) is 1. The van der Waals surface area contributed by atoms with Crippen LogP contribution in [0.2, 0.25) is 0 Å². The molecule has 0 bridgehead atoms. The van der Waals surface area contributed by atoms with Crippen molar-refractivity contribution >= 4 is 5.91 Å². The molecule has 1 N–H and O–H groups in total. The molecule has 1 saturated carbocycles. The van der Waals surface area contributed by atoms with Gasteiger partial charge in [-0.25, -0.2) is 0 Å².